The van der Waals surface area contributed by atoms with E-state index in [1.165, 1.54) is 18.7 Å². The Morgan fingerprint density at radius 2 is 1.96 bits per heavy atom. The van der Waals surface area contributed by atoms with Crippen LogP contribution in [0.3, 0.4) is 0 Å². The Kier molecular flexibility index (Phi) is 4.57. The third kappa shape index (κ3) is 3.44. The molecule has 0 aliphatic carbocycles. The van der Waals surface area contributed by atoms with E-state index in [1.54, 1.807) is 12.1 Å². The van der Waals surface area contributed by atoms with E-state index in [0.29, 0.717) is 17.2 Å². The number of nitrogens with one attached hydrogen (secondary N) is 1. The summed E-state index contributed by atoms with van der Waals surface area (Å²) in [5.74, 6) is 0.877. The van der Waals surface area contributed by atoms with Crippen LogP contribution < -0.4 is 4.74 Å². The number of rotatable bonds is 5. The zero-order chi connectivity index (χ0) is 17.1. The fraction of sp³-hybridized carbons (Fsp3) is 0.222. The number of hydrogen-bond acceptors (Lipinski definition) is 4. The van der Waals surface area contributed by atoms with Gasteiger partial charge in [0.2, 0.25) is 0 Å². The lowest BCUT2D eigenvalue weighted by Gasteiger charge is -2.09. The van der Waals surface area contributed by atoms with Gasteiger partial charge < -0.3 is 9.64 Å². The van der Waals surface area contributed by atoms with Crippen LogP contribution in [0.5, 0.6) is 5.75 Å². The van der Waals surface area contributed by atoms with Crippen LogP contribution in [0.4, 0.5) is 4.39 Å². The number of aromatic nitrogens is 3. The number of nitrogens with zero attached hydrogens (tertiary/aromatic N) is 3. The summed E-state index contributed by atoms with van der Waals surface area (Å²) in [4.78, 5) is 6.58. The van der Waals surface area contributed by atoms with Gasteiger partial charge in [-0.25, -0.2) is 9.37 Å². The summed E-state index contributed by atoms with van der Waals surface area (Å²) in [6, 6.07) is 12.8. The molecule has 0 spiro atoms. The van der Waals surface area contributed by atoms with Crippen LogP contribution in [-0.4, -0.2) is 41.3 Å². The van der Waals surface area contributed by atoms with E-state index < -0.39 is 5.82 Å². The van der Waals surface area contributed by atoms with E-state index >= 15 is 0 Å². The molecule has 0 bridgehead atoms. The van der Waals surface area contributed by atoms with Crippen molar-refractivity contribution < 1.29 is 9.13 Å². The normalized spacial score (nSPS) is 11.0. The highest BCUT2D eigenvalue weighted by atomic mass is 19.1. The molecule has 124 valence electrons. The highest BCUT2D eigenvalue weighted by Gasteiger charge is 2.11. The minimum absolute atomic E-state index is 0.204. The predicted octanol–water partition coefficient (Wildman–Crippen LogP) is 3.35. The summed E-state index contributed by atoms with van der Waals surface area (Å²) < 4.78 is 18.8. The van der Waals surface area contributed by atoms with Gasteiger partial charge in [0.1, 0.15) is 0 Å². The number of aromatic amines is 1. The summed E-state index contributed by atoms with van der Waals surface area (Å²) in [6.07, 6.45) is 0. The Morgan fingerprint density at radius 3 is 2.67 bits per heavy atom. The molecule has 0 fully saturated rings. The number of H-pyrrole nitrogens is 1. The van der Waals surface area contributed by atoms with Crippen LogP contribution in [0.25, 0.3) is 22.8 Å². The van der Waals surface area contributed by atoms with Gasteiger partial charge in [-0.2, -0.15) is 5.10 Å². The Morgan fingerprint density at radius 1 is 1.12 bits per heavy atom. The summed E-state index contributed by atoms with van der Waals surface area (Å²) in [6.45, 7) is 0.842. The van der Waals surface area contributed by atoms with Gasteiger partial charge in [-0.3, -0.25) is 5.10 Å². The molecule has 0 saturated carbocycles. The van der Waals surface area contributed by atoms with Crippen LogP contribution in [-0.2, 0) is 6.54 Å². The first-order valence-corrected chi connectivity index (χ1v) is 7.57. The highest BCUT2D eigenvalue weighted by Crippen LogP contribution is 2.25. The average molecular weight is 326 g/mol. The van der Waals surface area contributed by atoms with Crippen LogP contribution in [0.2, 0.25) is 0 Å². The van der Waals surface area contributed by atoms with E-state index in [9.17, 15) is 4.39 Å². The predicted molar refractivity (Wildman–Crippen MR) is 91.2 cm³/mol. The zero-order valence-corrected chi connectivity index (χ0v) is 13.9. The first-order chi connectivity index (χ1) is 11.6. The standard InChI is InChI=1S/C18H19FN4O/c1-23(2)11-12-5-4-6-13(9-12)17-20-18(22-21-17)14-7-8-16(24-3)15(19)10-14/h4-10H,11H2,1-3H3,(H,20,21,22). The molecule has 0 aliphatic rings. The smallest absolute Gasteiger partial charge is 0.181 e. The minimum Gasteiger partial charge on any atom is -0.494 e. The lowest BCUT2D eigenvalue weighted by molar-refractivity contribution is 0.386. The summed E-state index contributed by atoms with van der Waals surface area (Å²) in [7, 11) is 5.48. The molecule has 0 aliphatic heterocycles. The van der Waals surface area contributed by atoms with Crippen LogP contribution in [0.1, 0.15) is 5.56 Å². The van der Waals surface area contributed by atoms with Crippen LogP contribution >= 0.6 is 0 Å². The van der Waals surface area contributed by atoms with Crippen LogP contribution in [0, 0.1) is 5.82 Å². The van der Waals surface area contributed by atoms with E-state index in [2.05, 4.69) is 32.2 Å². The maximum atomic E-state index is 13.8. The van der Waals surface area contributed by atoms with Crippen LogP contribution in [0.15, 0.2) is 42.5 Å². The van der Waals surface area contributed by atoms with Gasteiger partial charge in [-0.15, -0.1) is 0 Å². The van der Waals surface area contributed by atoms with Crippen molar-refractivity contribution in [2.24, 2.45) is 0 Å². The second kappa shape index (κ2) is 6.80. The molecular formula is C18H19FN4O. The van der Waals surface area contributed by atoms with Gasteiger partial charge >= 0.3 is 0 Å². The largest absolute Gasteiger partial charge is 0.494 e. The molecule has 0 atom stereocenters. The Balaban J connectivity index is 1.89. The van der Waals surface area contributed by atoms with Gasteiger partial charge in [0.25, 0.3) is 0 Å². The Hall–Kier alpha value is -2.73. The maximum absolute atomic E-state index is 13.8. The van der Waals surface area contributed by atoms with Crippen molar-refractivity contribution in [3.63, 3.8) is 0 Å². The molecule has 3 aromatic rings. The average Bonchev–Trinajstić information content (AvgIpc) is 3.04. The molecule has 1 N–H and O–H groups in total. The van der Waals surface area contributed by atoms with Crippen molar-refractivity contribution in [1.82, 2.24) is 20.1 Å². The van der Waals surface area contributed by atoms with E-state index in [0.717, 1.165) is 12.1 Å². The molecule has 0 saturated heterocycles. The number of benzene rings is 2. The minimum atomic E-state index is -0.430. The number of hydrogen-bond donors (Lipinski definition) is 1. The number of methoxy groups -OCH3 is 1. The molecule has 0 amide bonds. The van der Waals surface area contributed by atoms with Crippen molar-refractivity contribution in [1.29, 1.82) is 0 Å². The summed E-state index contributed by atoms with van der Waals surface area (Å²) in [5, 5.41) is 7.12. The lowest BCUT2D eigenvalue weighted by Crippen LogP contribution is -2.10. The van der Waals surface area contributed by atoms with E-state index in [4.69, 9.17) is 4.74 Å². The number of halogens is 1. The maximum Gasteiger partial charge on any atom is 0.181 e. The molecule has 6 heteroatoms. The first kappa shape index (κ1) is 16.1. The van der Waals surface area contributed by atoms with Gasteiger partial charge in [0, 0.05) is 17.7 Å². The molecular weight excluding hydrogens is 307 g/mol. The summed E-state index contributed by atoms with van der Waals surface area (Å²) in [5.41, 5.74) is 2.72. The molecule has 5 nitrogen and oxygen atoms in total. The third-order valence-corrected chi connectivity index (χ3v) is 3.59. The topological polar surface area (TPSA) is 54.0 Å². The van der Waals surface area contributed by atoms with Gasteiger partial charge in [-0.05, 0) is 43.9 Å². The SMILES string of the molecule is COc1ccc(-c2nc(-c3cccc(CN(C)C)c3)n[nH]2)cc1F. The Labute approximate surface area is 140 Å². The monoisotopic (exact) mass is 326 g/mol. The molecule has 0 radical (unpaired) electrons. The van der Waals surface area contributed by atoms with E-state index in [-0.39, 0.29) is 5.75 Å². The molecule has 0 unspecified atom stereocenters. The first-order valence-electron chi connectivity index (χ1n) is 7.57. The van der Waals surface area contributed by atoms with Gasteiger partial charge in [0.05, 0.1) is 7.11 Å². The van der Waals surface area contributed by atoms with Crippen molar-refractivity contribution in [3.8, 4) is 28.5 Å². The lowest BCUT2D eigenvalue weighted by atomic mass is 10.1. The quantitative estimate of drug-likeness (QED) is 0.781. The zero-order valence-electron chi connectivity index (χ0n) is 13.9. The van der Waals surface area contributed by atoms with Gasteiger partial charge in [-0.1, -0.05) is 18.2 Å². The van der Waals surface area contributed by atoms with Gasteiger partial charge in [0.15, 0.2) is 23.2 Å². The second-order valence-electron chi connectivity index (χ2n) is 5.80. The molecule has 1 heterocycles. The molecule has 3 rings (SSSR count). The third-order valence-electron chi connectivity index (χ3n) is 3.59. The molecule has 1 aromatic heterocycles. The molecule has 2 aromatic carbocycles. The number of ether oxygens (including phenoxy) is 1. The fourth-order valence-electron chi connectivity index (χ4n) is 2.51. The fourth-order valence-corrected chi connectivity index (χ4v) is 2.51. The second-order valence-corrected chi connectivity index (χ2v) is 5.80. The Bertz CT molecular complexity index is 845. The van der Waals surface area contributed by atoms with Crippen molar-refractivity contribution >= 4 is 0 Å². The van der Waals surface area contributed by atoms with Crippen molar-refractivity contribution in [3.05, 3.63) is 53.8 Å². The highest BCUT2D eigenvalue weighted by molar-refractivity contribution is 5.62. The summed E-state index contributed by atoms with van der Waals surface area (Å²) >= 11 is 0. The van der Waals surface area contributed by atoms with E-state index in [1.807, 2.05) is 26.2 Å². The van der Waals surface area contributed by atoms with Crippen molar-refractivity contribution in [2.75, 3.05) is 21.2 Å². The molecule has 24 heavy (non-hydrogen) atoms. The van der Waals surface area contributed by atoms with Crippen molar-refractivity contribution in [2.45, 2.75) is 6.54 Å².